The predicted molar refractivity (Wildman–Crippen MR) is 121 cm³/mol. The highest BCUT2D eigenvalue weighted by molar-refractivity contribution is 6.10. The first-order valence-corrected chi connectivity index (χ1v) is 10.8. The normalized spacial score (nSPS) is 19.5. The molecule has 0 N–H and O–H groups in total. The molecule has 2 radical (unpaired) electrons. The van der Waals surface area contributed by atoms with Crippen LogP contribution in [0.2, 0.25) is 0 Å². The molecular weight excluding hydrogens is 346 g/mol. The monoisotopic (exact) mass is 382 g/mol. The van der Waals surface area contributed by atoms with E-state index < -0.39 is 0 Å². The predicted octanol–water partition coefficient (Wildman–Crippen LogP) is 6.68. The SMILES string of the molecule is CF.[B]n1c(C)c(CC)c(C)c1/C(=C1\N=C(C)C(CC)=C1C)C1CCCCC1. The second-order valence-electron chi connectivity index (χ2n) is 8.01. The Morgan fingerprint density at radius 3 is 2.11 bits per heavy atom. The number of aromatic nitrogens is 1. The summed E-state index contributed by atoms with van der Waals surface area (Å²) in [4.78, 5) is 5.07. The summed E-state index contributed by atoms with van der Waals surface area (Å²) in [5.41, 5.74) is 11.8. The van der Waals surface area contributed by atoms with Crippen LogP contribution in [0.25, 0.3) is 5.57 Å². The van der Waals surface area contributed by atoms with Crippen LogP contribution in [0.15, 0.2) is 21.8 Å². The summed E-state index contributed by atoms with van der Waals surface area (Å²) in [5, 5.41) is 0. The molecule has 2 nitrogen and oxygen atoms in total. The number of aliphatic imine (C=N–C) groups is 1. The minimum atomic E-state index is 0.500. The van der Waals surface area contributed by atoms with Gasteiger partial charge in [0, 0.05) is 22.7 Å². The van der Waals surface area contributed by atoms with E-state index in [0.717, 1.165) is 12.8 Å². The maximum Gasteiger partial charge on any atom is 0.234 e. The first kappa shape index (κ1) is 22.7. The lowest BCUT2D eigenvalue weighted by Crippen LogP contribution is -2.14. The number of hydrogen-bond donors (Lipinski definition) is 0. The van der Waals surface area contributed by atoms with Crippen molar-refractivity contribution < 1.29 is 4.39 Å². The Kier molecular flexibility index (Phi) is 7.92. The largest absolute Gasteiger partial charge is 0.401 e. The van der Waals surface area contributed by atoms with Crippen molar-refractivity contribution in [1.82, 2.24) is 4.48 Å². The fourth-order valence-electron chi connectivity index (χ4n) is 5.17. The maximum absolute atomic E-state index is 9.50. The first-order valence-electron chi connectivity index (χ1n) is 10.8. The number of hydrogen-bond acceptors (Lipinski definition) is 1. The van der Waals surface area contributed by atoms with E-state index in [-0.39, 0.29) is 0 Å². The van der Waals surface area contributed by atoms with Crippen molar-refractivity contribution >= 4 is 19.3 Å². The lowest BCUT2D eigenvalue weighted by Gasteiger charge is -2.27. The summed E-state index contributed by atoms with van der Waals surface area (Å²) < 4.78 is 11.5. The molecule has 0 amide bonds. The zero-order valence-electron chi connectivity index (χ0n) is 18.9. The molecule has 0 saturated heterocycles. The first-order chi connectivity index (χ1) is 13.4. The Balaban J connectivity index is 0.00000136. The average Bonchev–Trinajstić information content (AvgIpc) is 3.11. The van der Waals surface area contributed by atoms with Crippen molar-refractivity contribution in [2.24, 2.45) is 10.9 Å². The van der Waals surface area contributed by atoms with Gasteiger partial charge in [-0.1, -0.05) is 33.1 Å². The van der Waals surface area contributed by atoms with Gasteiger partial charge in [-0.15, -0.1) is 0 Å². The molecule has 1 aliphatic heterocycles. The van der Waals surface area contributed by atoms with Gasteiger partial charge in [0.1, 0.15) is 0 Å². The standard InChI is InChI=1S/C23H33BN2.CH3F/c1-7-19-14(3)22(25-16(19)5)21(18-12-10-9-11-13-18)23-15(4)20(8-2)17(6)26(23)24;1-2/h18H,7-13H2,1-6H3;1H3/b22-21-;. The summed E-state index contributed by atoms with van der Waals surface area (Å²) in [6, 6.07) is 0. The molecule has 1 aromatic heterocycles. The lowest BCUT2D eigenvalue weighted by atomic mass is 9.79. The van der Waals surface area contributed by atoms with Crippen LogP contribution in [0.5, 0.6) is 0 Å². The fourth-order valence-corrected chi connectivity index (χ4v) is 5.17. The second kappa shape index (κ2) is 9.76. The Labute approximate surface area is 172 Å². The van der Waals surface area contributed by atoms with Crippen LogP contribution in [0.4, 0.5) is 4.39 Å². The number of nitrogens with zero attached hydrogens (tertiary/aromatic N) is 2. The van der Waals surface area contributed by atoms with Gasteiger partial charge in [0.15, 0.2) is 0 Å². The molecule has 0 spiro atoms. The summed E-state index contributed by atoms with van der Waals surface area (Å²) in [6.45, 7) is 13.3. The van der Waals surface area contributed by atoms with Crippen LogP contribution in [-0.2, 0) is 6.42 Å². The van der Waals surface area contributed by atoms with Crippen LogP contribution in [0.1, 0.15) is 88.7 Å². The van der Waals surface area contributed by atoms with Crippen LogP contribution < -0.4 is 0 Å². The third kappa shape index (κ3) is 3.93. The molecule has 28 heavy (non-hydrogen) atoms. The quantitative estimate of drug-likeness (QED) is 0.517. The number of allylic oxidation sites excluding steroid dienone is 3. The molecule has 0 atom stereocenters. The van der Waals surface area contributed by atoms with Gasteiger partial charge in [0.2, 0.25) is 7.98 Å². The minimum absolute atomic E-state index is 0.500. The summed E-state index contributed by atoms with van der Waals surface area (Å²) in [5.74, 6) is 0.571. The molecule has 1 aliphatic carbocycles. The third-order valence-corrected chi connectivity index (χ3v) is 6.60. The molecule has 4 heteroatoms. The van der Waals surface area contributed by atoms with Crippen LogP contribution in [0.3, 0.4) is 0 Å². The van der Waals surface area contributed by atoms with Crippen molar-refractivity contribution in [3.63, 3.8) is 0 Å². The van der Waals surface area contributed by atoms with Gasteiger partial charge in [-0.05, 0) is 81.6 Å². The molecule has 0 unspecified atom stereocenters. The molecule has 0 aromatic carbocycles. The van der Waals surface area contributed by atoms with Gasteiger partial charge in [0.25, 0.3) is 0 Å². The molecule has 0 bridgehead atoms. The highest BCUT2D eigenvalue weighted by Gasteiger charge is 2.30. The van der Waals surface area contributed by atoms with Gasteiger partial charge in [-0.3, -0.25) is 9.38 Å². The van der Waals surface area contributed by atoms with Gasteiger partial charge in [0.05, 0.1) is 12.9 Å². The van der Waals surface area contributed by atoms with E-state index in [9.17, 15) is 4.39 Å². The van der Waals surface area contributed by atoms with Crippen molar-refractivity contribution in [2.75, 3.05) is 7.18 Å². The van der Waals surface area contributed by atoms with Gasteiger partial charge >= 0.3 is 0 Å². The zero-order chi connectivity index (χ0) is 21.0. The molecule has 3 rings (SSSR count). The van der Waals surface area contributed by atoms with Gasteiger partial charge in [-0.2, -0.15) is 0 Å². The smallest absolute Gasteiger partial charge is 0.234 e. The van der Waals surface area contributed by atoms with E-state index in [4.69, 9.17) is 13.0 Å². The minimum Gasteiger partial charge on any atom is -0.401 e. The van der Waals surface area contributed by atoms with Crippen LogP contribution in [0, 0.1) is 19.8 Å². The number of alkyl halides is 1. The Bertz CT molecular complexity index is 805. The number of halogens is 1. The topological polar surface area (TPSA) is 17.3 Å². The van der Waals surface area contributed by atoms with Crippen molar-refractivity contribution in [3.05, 3.63) is 39.4 Å². The second-order valence-corrected chi connectivity index (χ2v) is 8.01. The lowest BCUT2D eigenvalue weighted by molar-refractivity contribution is 0.427. The summed E-state index contributed by atoms with van der Waals surface area (Å²) in [6.07, 6.45) is 8.58. The van der Waals surface area contributed by atoms with Crippen molar-refractivity contribution in [3.8, 4) is 0 Å². The third-order valence-electron chi connectivity index (χ3n) is 6.60. The van der Waals surface area contributed by atoms with Gasteiger partial charge in [-0.25, -0.2) is 0 Å². The van der Waals surface area contributed by atoms with Crippen LogP contribution in [-0.4, -0.2) is 25.3 Å². The number of rotatable bonds is 4. The van der Waals surface area contributed by atoms with E-state index in [1.165, 1.54) is 82.7 Å². The molecular formula is C24H36BFN2. The molecule has 1 saturated carbocycles. The highest BCUT2D eigenvalue weighted by Crippen LogP contribution is 2.44. The zero-order valence-corrected chi connectivity index (χ0v) is 18.9. The molecule has 2 aliphatic rings. The Morgan fingerprint density at radius 1 is 1.04 bits per heavy atom. The molecule has 152 valence electrons. The molecule has 1 aromatic rings. The molecule has 1 fully saturated rings. The van der Waals surface area contributed by atoms with Crippen molar-refractivity contribution in [1.29, 1.82) is 0 Å². The maximum atomic E-state index is 9.50. The van der Waals surface area contributed by atoms with Crippen LogP contribution >= 0.6 is 0 Å². The van der Waals surface area contributed by atoms with Crippen molar-refractivity contribution in [2.45, 2.75) is 86.5 Å². The Morgan fingerprint density at radius 2 is 1.64 bits per heavy atom. The van der Waals surface area contributed by atoms with E-state index in [1.807, 2.05) is 4.48 Å². The van der Waals surface area contributed by atoms with E-state index in [1.54, 1.807) is 0 Å². The van der Waals surface area contributed by atoms with E-state index in [0.29, 0.717) is 13.1 Å². The molecule has 2 heterocycles. The van der Waals surface area contributed by atoms with Gasteiger partial charge < -0.3 is 4.48 Å². The van der Waals surface area contributed by atoms with E-state index >= 15 is 0 Å². The summed E-state index contributed by atoms with van der Waals surface area (Å²) in [7, 11) is 7.12. The highest BCUT2D eigenvalue weighted by atomic mass is 19.1. The van der Waals surface area contributed by atoms with E-state index in [2.05, 4.69) is 41.5 Å². The average molecular weight is 382 g/mol. The summed E-state index contributed by atoms with van der Waals surface area (Å²) >= 11 is 0. The Hall–Kier alpha value is -1.58. The fraction of sp³-hybridized carbons (Fsp3) is 0.625.